The van der Waals surface area contributed by atoms with Gasteiger partial charge in [-0.3, -0.25) is 9.97 Å². The summed E-state index contributed by atoms with van der Waals surface area (Å²) in [6, 6.07) is 21.9. The van der Waals surface area contributed by atoms with Crippen LogP contribution in [0, 0.1) is 29.1 Å². The second-order valence-electron chi connectivity index (χ2n) is 12.1. The number of halogens is 5. The topological polar surface area (TPSA) is 44.9 Å². The summed E-state index contributed by atoms with van der Waals surface area (Å²) in [6.07, 6.45) is 4.95. The highest BCUT2D eigenvalue weighted by Gasteiger charge is 2.27. The van der Waals surface area contributed by atoms with Gasteiger partial charge in [0.2, 0.25) is 5.82 Å². The van der Waals surface area contributed by atoms with Crippen molar-refractivity contribution in [1.82, 2.24) is 19.1 Å². The quantitative estimate of drug-likeness (QED) is 0.101. The maximum Gasteiger partial charge on any atom is 0.200 e. The zero-order valence-electron chi connectivity index (χ0n) is 26.6. The van der Waals surface area contributed by atoms with Crippen molar-refractivity contribution in [2.24, 2.45) is 14.1 Å². The minimum absolute atomic E-state index is 0.318. The van der Waals surface area contributed by atoms with Crippen LogP contribution in [0.1, 0.15) is 22.3 Å². The first-order chi connectivity index (χ1) is 23.7. The van der Waals surface area contributed by atoms with E-state index >= 15 is 0 Å². The molecule has 4 aromatic heterocycles. The number of aryl methyl sites for hydroxylation is 2. The summed E-state index contributed by atoms with van der Waals surface area (Å²) < 4.78 is 81.4. The lowest BCUT2D eigenvalue weighted by atomic mass is 9.97. The van der Waals surface area contributed by atoms with Crippen LogP contribution >= 0.6 is 0 Å². The van der Waals surface area contributed by atoms with Crippen molar-refractivity contribution < 1.29 is 26.7 Å². The molecule has 10 heteroatoms. The standard InChI is InChI=1S/C39H27F5N4O/c1-47-28-13-12-21(15-25(28)31-23(17-45-19-29(31)47)16-26-33(40)35(42)37(44)36(43)34(26)41)38-39-32(24-9-5-6-10-27(24)48(39)2)22(18-46-38)14-20-8-4-7-11-30(20)49-3/h4-13,15,17-19H,14,16H2,1-3H3. The van der Waals surface area contributed by atoms with Crippen LogP contribution in [0.2, 0.25) is 0 Å². The molecule has 4 heterocycles. The van der Waals surface area contributed by atoms with Crippen LogP contribution in [0.25, 0.3) is 54.9 Å². The van der Waals surface area contributed by atoms with Crippen molar-refractivity contribution in [2.75, 3.05) is 7.11 Å². The monoisotopic (exact) mass is 662 g/mol. The van der Waals surface area contributed by atoms with Gasteiger partial charge in [0, 0.05) is 83.0 Å². The summed E-state index contributed by atoms with van der Waals surface area (Å²) in [5, 5.41) is 3.46. The van der Waals surface area contributed by atoms with Gasteiger partial charge in [-0.15, -0.1) is 0 Å². The average molecular weight is 663 g/mol. The molecule has 0 amide bonds. The molecule has 0 aliphatic heterocycles. The Labute approximate surface area is 276 Å². The molecule has 5 nitrogen and oxygen atoms in total. The van der Waals surface area contributed by atoms with E-state index in [1.807, 2.05) is 79.5 Å². The van der Waals surface area contributed by atoms with Gasteiger partial charge in [-0.2, -0.15) is 0 Å². The third kappa shape index (κ3) is 4.57. The fourth-order valence-electron chi connectivity index (χ4n) is 7.16. The van der Waals surface area contributed by atoms with E-state index in [4.69, 9.17) is 9.72 Å². The molecule has 244 valence electrons. The molecule has 0 bridgehead atoms. The highest BCUT2D eigenvalue weighted by atomic mass is 19.2. The largest absolute Gasteiger partial charge is 0.496 e. The molecule has 0 N–H and O–H groups in total. The van der Waals surface area contributed by atoms with E-state index in [-0.39, 0.29) is 0 Å². The Bertz CT molecular complexity index is 2610. The molecule has 8 aromatic rings. The molecule has 0 atom stereocenters. The molecule has 0 spiro atoms. The lowest BCUT2D eigenvalue weighted by Crippen LogP contribution is -2.08. The van der Waals surface area contributed by atoms with E-state index in [1.165, 1.54) is 6.20 Å². The molecule has 0 radical (unpaired) electrons. The van der Waals surface area contributed by atoms with Gasteiger partial charge in [0.15, 0.2) is 23.3 Å². The van der Waals surface area contributed by atoms with Gasteiger partial charge in [0.05, 0.1) is 30.0 Å². The summed E-state index contributed by atoms with van der Waals surface area (Å²) in [5.74, 6) is -9.07. The van der Waals surface area contributed by atoms with Crippen molar-refractivity contribution in [3.63, 3.8) is 0 Å². The summed E-state index contributed by atoms with van der Waals surface area (Å²) in [5.41, 5.74) is 6.39. The van der Waals surface area contributed by atoms with Crippen molar-refractivity contribution in [3.05, 3.63) is 137 Å². The van der Waals surface area contributed by atoms with E-state index in [2.05, 4.69) is 21.7 Å². The van der Waals surface area contributed by atoms with E-state index in [1.54, 1.807) is 13.3 Å². The zero-order valence-corrected chi connectivity index (χ0v) is 26.6. The highest BCUT2D eigenvalue weighted by Crippen LogP contribution is 2.40. The zero-order chi connectivity index (χ0) is 34.1. The molecule has 0 saturated heterocycles. The number of para-hydroxylation sites is 2. The van der Waals surface area contributed by atoms with Crippen LogP contribution in [-0.2, 0) is 26.9 Å². The third-order valence-corrected chi connectivity index (χ3v) is 9.51. The first-order valence-corrected chi connectivity index (χ1v) is 15.5. The lowest BCUT2D eigenvalue weighted by Gasteiger charge is -2.12. The van der Waals surface area contributed by atoms with Gasteiger partial charge in [-0.1, -0.05) is 42.5 Å². The predicted molar refractivity (Wildman–Crippen MR) is 180 cm³/mol. The van der Waals surface area contributed by atoms with Crippen molar-refractivity contribution in [2.45, 2.75) is 12.8 Å². The number of hydrogen-bond donors (Lipinski definition) is 0. The van der Waals surface area contributed by atoms with Gasteiger partial charge >= 0.3 is 0 Å². The Hall–Kier alpha value is -5.77. The van der Waals surface area contributed by atoms with Crippen LogP contribution in [0.3, 0.4) is 0 Å². The van der Waals surface area contributed by atoms with Crippen molar-refractivity contribution >= 4 is 43.6 Å². The number of rotatable bonds is 6. The fourth-order valence-corrected chi connectivity index (χ4v) is 7.16. The summed E-state index contributed by atoms with van der Waals surface area (Å²) in [6.45, 7) is 0. The van der Waals surface area contributed by atoms with E-state index < -0.39 is 41.1 Å². The number of pyridine rings is 2. The molecule has 0 aliphatic carbocycles. The SMILES string of the molecule is COc1ccccc1Cc1cnc(-c2ccc3c(c2)c2c(Cc4c(F)c(F)c(F)c(F)c4F)cncc2n3C)c2c1c1ccccc1n2C. The minimum atomic E-state index is -2.19. The minimum Gasteiger partial charge on any atom is -0.496 e. The second kappa shape index (κ2) is 11.4. The van der Waals surface area contributed by atoms with Crippen molar-refractivity contribution in [1.29, 1.82) is 0 Å². The first-order valence-electron chi connectivity index (χ1n) is 15.5. The molecule has 0 fully saturated rings. The Morgan fingerprint density at radius 2 is 1.29 bits per heavy atom. The molecule has 4 aromatic carbocycles. The number of ether oxygens (including phenoxy) is 1. The van der Waals surface area contributed by atoms with Crippen molar-refractivity contribution in [3.8, 4) is 17.0 Å². The van der Waals surface area contributed by atoms with Gasteiger partial charge in [0.25, 0.3) is 0 Å². The van der Waals surface area contributed by atoms with E-state index in [9.17, 15) is 22.0 Å². The fraction of sp³-hybridized carbons (Fsp3) is 0.128. The maximum atomic E-state index is 14.8. The summed E-state index contributed by atoms with van der Waals surface area (Å²) >= 11 is 0. The van der Waals surface area contributed by atoms with Gasteiger partial charge in [0.1, 0.15) is 5.75 Å². The van der Waals surface area contributed by atoms with Crippen LogP contribution in [0.5, 0.6) is 5.75 Å². The van der Waals surface area contributed by atoms with E-state index in [0.29, 0.717) is 22.9 Å². The number of benzene rings is 4. The Morgan fingerprint density at radius 3 is 2.06 bits per heavy atom. The second-order valence-corrected chi connectivity index (χ2v) is 12.1. The molecular weight excluding hydrogens is 635 g/mol. The van der Waals surface area contributed by atoms with Crippen LogP contribution in [-0.4, -0.2) is 26.2 Å². The molecule has 0 unspecified atom stereocenters. The highest BCUT2D eigenvalue weighted by molar-refractivity contribution is 6.15. The van der Waals surface area contributed by atoms with Gasteiger partial charge in [-0.25, -0.2) is 22.0 Å². The lowest BCUT2D eigenvalue weighted by molar-refractivity contribution is 0.371. The Balaban J connectivity index is 1.35. The average Bonchev–Trinajstić information content (AvgIpc) is 3.60. The number of fused-ring (bicyclic) bond motifs is 6. The first kappa shape index (κ1) is 30.6. The van der Waals surface area contributed by atoms with Gasteiger partial charge in [-0.05, 0) is 41.0 Å². The van der Waals surface area contributed by atoms with Crippen LogP contribution < -0.4 is 4.74 Å². The smallest absolute Gasteiger partial charge is 0.200 e. The maximum absolute atomic E-state index is 14.8. The number of hydrogen-bond acceptors (Lipinski definition) is 3. The van der Waals surface area contributed by atoms with E-state index in [0.717, 1.165) is 60.8 Å². The molecule has 0 aliphatic rings. The molecule has 49 heavy (non-hydrogen) atoms. The normalized spacial score (nSPS) is 11.8. The summed E-state index contributed by atoms with van der Waals surface area (Å²) in [7, 11) is 5.50. The van der Waals surface area contributed by atoms with Crippen LogP contribution in [0.15, 0.2) is 85.3 Å². The Morgan fingerprint density at radius 1 is 0.612 bits per heavy atom. The number of methoxy groups -OCH3 is 1. The van der Waals surface area contributed by atoms with Gasteiger partial charge < -0.3 is 13.9 Å². The number of aromatic nitrogens is 4. The predicted octanol–water partition coefficient (Wildman–Crippen LogP) is 9.32. The number of nitrogens with zero attached hydrogens (tertiary/aromatic N) is 4. The molecule has 0 saturated carbocycles. The molecule has 8 rings (SSSR count). The molecular formula is C39H27F5N4O. The Kier molecular flexibility index (Phi) is 7.13. The third-order valence-electron chi connectivity index (χ3n) is 9.51. The van der Waals surface area contributed by atoms with Crippen LogP contribution in [0.4, 0.5) is 22.0 Å². The summed E-state index contributed by atoms with van der Waals surface area (Å²) in [4.78, 5) is 9.27.